The van der Waals surface area contributed by atoms with Crippen LogP contribution in [0.3, 0.4) is 0 Å². The summed E-state index contributed by atoms with van der Waals surface area (Å²) in [7, 11) is 0. The molecule has 2 saturated carbocycles. The summed E-state index contributed by atoms with van der Waals surface area (Å²) in [5.41, 5.74) is 5.67. The lowest BCUT2D eigenvalue weighted by atomic mass is 9.94. The van der Waals surface area contributed by atoms with Gasteiger partial charge in [0.15, 0.2) is 0 Å². The van der Waals surface area contributed by atoms with Crippen molar-refractivity contribution in [2.24, 2.45) is 11.7 Å². The molecule has 2 aliphatic rings. The molecule has 18 heavy (non-hydrogen) atoms. The monoisotopic (exact) mass is 253 g/mol. The van der Waals surface area contributed by atoms with Crippen molar-refractivity contribution in [2.75, 3.05) is 26.2 Å². The van der Waals surface area contributed by atoms with Crippen LogP contribution in [0.4, 0.5) is 0 Å². The minimum absolute atomic E-state index is 0.181. The highest BCUT2D eigenvalue weighted by molar-refractivity contribution is 5.78. The highest BCUT2D eigenvalue weighted by Gasteiger charge is 2.24. The van der Waals surface area contributed by atoms with E-state index >= 15 is 0 Å². The van der Waals surface area contributed by atoms with E-state index in [9.17, 15) is 4.79 Å². The number of amides is 1. The first-order chi connectivity index (χ1) is 8.79. The van der Waals surface area contributed by atoms with Gasteiger partial charge >= 0.3 is 0 Å². The first-order valence-electron chi connectivity index (χ1n) is 7.50. The molecule has 0 aliphatic heterocycles. The Morgan fingerprint density at radius 3 is 2.50 bits per heavy atom. The summed E-state index contributed by atoms with van der Waals surface area (Å²) < 4.78 is 0. The zero-order chi connectivity index (χ0) is 12.8. The van der Waals surface area contributed by atoms with Crippen LogP contribution in [0.2, 0.25) is 0 Å². The Balaban J connectivity index is 1.74. The van der Waals surface area contributed by atoms with Gasteiger partial charge in [-0.15, -0.1) is 0 Å². The number of nitrogens with zero attached hydrogens (tertiary/aromatic N) is 1. The van der Waals surface area contributed by atoms with Crippen molar-refractivity contribution in [3.8, 4) is 0 Å². The summed E-state index contributed by atoms with van der Waals surface area (Å²) in [5.74, 6) is 0.938. The lowest BCUT2D eigenvalue weighted by molar-refractivity contribution is -0.123. The van der Waals surface area contributed by atoms with Gasteiger partial charge in [0.25, 0.3) is 0 Å². The van der Waals surface area contributed by atoms with Gasteiger partial charge in [-0.25, -0.2) is 0 Å². The van der Waals surface area contributed by atoms with Crippen molar-refractivity contribution in [3.63, 3.8) is 0 Å². The van der Waals surface area contributed by atoms with Gasteiger partial charge in [0.1, 0.15) is 0 Å². The molecule has 104 valence electrons. The van der Waals surface area contributed by atoms with Gasteiger partial charge in [0.2, 0.25) is 5.91 Å². The van der Waals surface area contributed by atoms with Crippen LogP contribution >= 0.6 is 0 Å². The Labute approximate surface area is 110 Å². The Morgan fingerprint density at radius 1 is 1.17 bits per heavy atom. The van der Waals surface area contributed by atoms with Crippen molar-refractivity contribution in [1.29, 1.82) is 0 Å². The normalized spacial score (nSPS) is 21.2. The molecule has 4 heteroatoms. The van der Waals surface area contributed by atoms with Crippen LogP contribution in [-0.2, 0) is 4.79 Å². The standard InChI is InChI=1S/C14H27N3O/c15-8-9-17(13-4-2-1-3-5-13)11-14(18)16-10-12-6-7-12/h12-13H,1-11,15H2,(H,16,18). The van der Waals surface area contributed by atoms with E-state index in [4.69, 9.17) is 5.73 Å². The third-order valence-electron chi connectivity index (χ3n) is 4.14. The Kier molecular flexibility index (Phi) is 5.45. The van der Waals surface area contributed by atoms with Gasteiger partial charge in [0, 0.05) is 25.7 Å². The lowest BCUT2D eigenvalue weighted by Crippen LogP contribution is -2.46. The Morgan fingerprint density at radius 2 is 1.89 bits per heavy atom. The van der Waals surface area contributed by atoms with E-state index in [0.717, 1.165) is 19.0 Å². The highest BCUT2D eigenvalue weighted by Crippen LogP contribution is 2.27. The predicted molar refractivity (Wildman–Crippen MR) is 73.2 cm³/mol. The fourth-order valence-electron chi connectivity index (χ4n) is 2.82. The molecule has 2 aliphatic carbocycles. The molecular formula is C14H27N3O. The van der Waals surface area contributed by atoms with E-state index in [2.05, 4.69) is 10.2 Å². The third kappa shape index (κ3) is 4.58. The molecule has 0 unspecified atom stereocenters. The maximum Gasteiger partial charge on any atom is 0.234 e. The maximum atomic E-state index is 11.9. The number of hydrogen-bond donors (Lipinski definition) is 2. The summed E-state index contributed by atoms with van der Waals surface area (Å²) in [6.45, 7) is 2.91. The molecule has 0 saturated heterocycles. The third-order valence-corrected chi connectivity index (χ3v) is 4.14. The number of carbonyl (C=O) groups excluding carboxylic acids is 1. The zero-order valence-electron chi connectivity index (χ0n) is 11.4. The SMILES string of the molecule is NCCN(CC(=O)NCC1CC1)C1CCCCC1. The van der Waals surface area contributed by atoms with Crippen LogP contribution in [0.1, 0.15) is 44.9 Å². The average molecular weight is 253 g/mol. The minimum Gasteiger partial charge on any atom is -0.355 e. The van der Waals surface area contributed by atoms with Crippen LogP contribution in [0.25, 0.3) is 0 Å². The first kappa shape index (κ1) is 13.8. The van der Waals surface area contributed by atoms with Gasteiger partial charge in [-0.2, -0.15) is 0 Å². The molecule has 0 spiro atoms. The Hall–Kier alpha value is -0.610. The lowest BCUT2D eigenvalue weighted by Gasteiger charge is -2.33. The maximum absolute atomic E-state index is 11.9. The van der Waals surface area contributed by atoms with Crippen molar-refractivity contribution in [2.45, 2.75) is 51.0 Å². The molecule has 0 atom stereocenters. The van der Waals surface area contributed by atoms with E-state index in [1.165, 1.54) is 44.9 Å². The van der Waals surface area contributed by atoms with Crippen molar-refractivity contribution < 1.29 is 4.79 Å². The van der Waals surface area contributed by atoms with E-state index in [1.807, 2.05) is 0 Å². The molecule has 0 aromatic heterocycles. The fraction of sp³-hybridized carbons (Fsp3) is 0.929. The van der Waals surface area contributed by atoms with Crippen LogP contribution in [-0.4, -0.2) is 43.0 Å². The summed E-state index contributed by atoms with van der Waals surface area (Å²) in [6.07, 6.45) is 8.99. The average Bonchev–Trinajstić information content (AvgIpc) is 3.21. The number of nitrogens with two attached hydrogens (primary N) is 1. The molecule has 1 amide bonds. The quantitative estimate of drug-likeness (QED) is 0.714. The second-order valence-electron chi connectivity index (χ2n) is 5.80. The van der Waals surface area contributed by atoms with Crippen LogP contribution < -0.4 is 11.1 Å². The van der Waals surface area contributed by atoms with E-state index in [-0.39, 0.29) is 5.91 Å². The molecular weight excluding hydrogens is 226 g/mol. The van der Waals surface area contributed by atoms with Gasteiger partial charge in [-0.05, 0) is 31.6 Å². The molecule has 4 nitrogen and oxygen atoms in total. The van der Waals surface area contributed by atoms with E-state index in [1.54, 1.807) is 0 Å². The molecule has 0 heterocycles. The van der Waals surface area contributed by atoms with Gasteiger partial charge in [0.05, 0.1) is 6.54 Å². The number of rotatable bonds is 7. The Bertz CT molecular complexity index is 260. The molecule has 0 aromatic rings. The van der Waals surface area contributed by atoms with Gasteiger partial charge in [-0.3, -0.25) is 9.69 Å². The summed E-state index contributed by atoms with van der Waals surface area (Å²) in [4.78, 5) is 14.2. The fourth-order valence-corrected chi connectivity index (χ4v) is 2.82. The largest absolute Gasteiger partial charge is 0.355 e. The molecule has 2 fully saturated rings. The molecule has 0 aromatic carbocycles. The topological polar surface area (TPSA) is 58.4 Å². The zero-order valence-corrected chi connectivity index (χ0v) is 11.4. The highest BCUT2D eigenvalue weighted by atomic mass is 16.2. The second kappa shape index (κ2) is 7.10. The molecule has 2 rings (SSSR count). The molecule has 0 bridgehead atoms. The van der Waals surface area contributed by atoms with Crippen LogP contribution in [0, 0.1) is 5.92 Å². The van der Waals surface area contributed by atoms with Crippen molar-refractivity contribution in [3.05, 3.63) is 0 Å². The number of carbonyl (C=O) groups is 1. The van der Waals surface area contributed by atoms with Crippen molar-refractivity contribution >= 4 is 5.91 Å². The number of hydrogen-bond acceptors (Lipinski definition) is 3. The smallest absolute Gasteiger partial charge is 0.234 e. The molecule has 3 N–H and O–H groups in total. The molecule has 0 radical (unpaired) electrons. The van der Waals surface area contributed by atoms with Gasteiger partial charge < -0.3 is 11.1 Å². The van der Waals surface area contributed by atoms with E-state index < -0.39 is 0 Å². The van der Waals surface area contributed by atoms with Crippen molar-refractivity contribution in [1.82, 2.24) is 10.2 Å². The summed E-state index contributed by atoms with van der Waals surface area (Å²) in [5, 5.41) is 3.05. The first-order valence-corrected chi connectivity index (χ1v) is 7.50. The summed E-state index contributed by atoms with van der Waals surface area (Å²) in [6, 6.07) is 0.578. The minimum atomic E-state index is 0.181. The predicted octanol–water partition coefficient (Wildman–Crippen LogP) is 1.11. The van der Waals surface area contributed by atoms with Crippen LogP contribution in [0.15, 0.2) is 0 Å². The van der Waals surface area contributed by atoms with E-state index in [0.29, 0.717) is 19.1 Å². The number of nitrogens with one attached hydrogen (secondary N) is 1. The summed E-state index contributed by atoms with van der Waals surface area (Å²) >= 11 is 0. The second-order valence-corrected chi connectivity index (χ2v) is 5.80. The van der Waals surface area contributed by atoms with Gasteiger partial charge in [-0.1, -0.05) is 19.3 Å². The van der Waals surface area contributed by atoms with Crippen LogP contribution in [0.5, 0.6) is 0 Å².